The molecule has 0 aromatic carbocycles. The van der Waals surface area contributed by atoms with Crippen LogP contribution in [0.3, 0.4) is 0 Å². The molecule has 1 heterocycles. The molecule has 0 saturated carbocycles. The van der Waals surface area contributed by atoms with Crippen LogP contribution in [-0.4, -0.2) is 44.8 Å². The second-order valence-electron chi connectivity index (χ2n) is 3.29. The summed E-state index contributed by atoms with van der Waals surface area (Å²) in [5, 5.41) is 22.2. The van der Waals surface area contributed by atoms with Gasteiger partial charge in [-0.1, -0.05) is 0 Å². The van der Waals surface area contributed by atoms with E-state index < -0.39 is 18.1 Å². The molecule has 0 aliphatic carbocycles. The number of urea groups is 1. The number of amides is 2. The van der Waals surface area contributed by atoms with Crippen molar-refractivity contribution >= 4 is 12.0 Å². The van der Waals surface area contributed by atoms with Crippen LogP contribution in [-0.2, 0) is 11.3 Å². The minimum Gasteiger partial charge on any atom is -0.479 e. The van der Waals surface area contributed by atoms with E-state index in [0.717, 1.165) is 0 Å². The average Bonchev–Trinajstić information content (AvgIpc) is 2.78. The van der Waals surface area contributed by atoms with E-state index in [4.69, 9.17) is 10.2 Å². The van der Waals surface area contributed by atoms with Gasteiger partial charge in [0.05, 0.1) is 6.54 Å². The van der Waals surface area contributed by atoms with E-state index in [1.54, 1.807) is 12.4 Å². The third kappa shape index (κ3) is 4.98. The highest BCUT2D eigenvalue weighted by Gasteiger charge is 2.12. The summed E-state index contributed by atoms with van der Waals surface area (Å²) in [5.74, 6) is -0.687. The van der Waals surface area contributed by atoms with E-state index in [1.165, 1.54) is 0 Å². The van der Waals surface area contributed by atoms with Crippen LogP contribution in [0.25, 0.3) is 0 Å². The summed E-state index contributed by atoms with van der Waals surface area (Å²) in [5.41, 5.74) is 0. The Hall–Kier alpha value is -2.09. The van der Waals surface area contributed by atoms with Crippen LogP contribution in [0.4, 0.5) is 4.79 Å². The van der Waals surface area contributed by atoms with Crippen LogP contribution in [0.15, 0.2) is 12.4 Å². The Morgan fingerprint density at radius 3 is 2.82 bits per heavy atom. The van der Waals surface area contributed by atoms with Gasteiger partial charge in [0.2, 0.25) is 0 Å². The molecule has 0 unspecified atom stereocenters. The fraction of sp³-hybridized carbons (Fsp3) is 0.444. The van der Waals surface area contributed by atoms with Gasteiger partial charge in [-0.15, -0.1) is 0 Å². The first-order chi connectivity index (χ1) is 8.09. The minimum atomic E-state index is -1.46. The standard InChI is InChI=1S/C9H14N4O4/c14-6(8(15)16)1-2-12-9(17)13-5-7-10-3-4-11-7/h3-4,6,14H,1-2,5H2,(H,10,11)(H,15,16)(H2,12,13,17)/t6-/m0/s1. The molecule has 5 N–H and O–H groups in total. The van der Waals surface area contributed by atoms with Crippen LogP contribution in [0.5, 0.6) is 0 Å². The molecular formula is C9H14N4O4. The molecule has 0 aliphatic rings. The first-order valence-corrected chi connectivity index (χ1v) is 5.00. The van der Waals surface area contributed by atoms with E-state index in [1.807, 2.05) is 0 Å². The molecule has 8 nitrogen and oxygen atoms in total. The monoisotopic (exact) mass is 242 g/mol. The fourth-order valence-electron chi connectivity index (χ4n) is 1.07. The zero-order valence-electron chi connectivity index (χ0n) is 9.01. The molecule has 0 aliphatic heterocycles. The van der Waals surface area contributed by atoms with Crippen molar-refractivity contribution in [1.29, 1.82) is 0 Å². The number of carbonyl (C=O) groups excluding carboxylic acids is 1. The Bertz CT molecular complexity index is 365. The molecule has 8 heteroatoms. The lowest BCUT2D eigenvalue weighted by atomic mass is 10.2. The molecule has 1 rings (SSSR count). The number of rotatable bonds is 6. The summed E-state index contributed by atoms with van der Waals surface area (Å²) < 4.78 is 0. The van der Waals surface area contributed by atoms with Crippen molar-refractivity contribution in [2.24, 2.45) is 0 Å². The molecular weight excluding hydrogens is 228 g/mol. The Balaban J connectivity index is 2.11. The topological polar surface area (TPSA) is 127 Å². The van der Waals surface area contributed by atoms with E-state index in [-0.39, 0.29) is 19.5 Å². The summed E-state index contributed by atoms with van der Waals surface area (Å²) in [6.07, 6.45) is 1.71. The number of aliphatic hydroxyl groups excluding tert-OH is 1. The average molecular weight is 242 g/mol. The smallest absolute Gasteiger partial charge is 0.332 e. The number of hydrogen-bond acceptors (Lipinski definition) is 4. The number of carboxylic acids is 1. The van der Waals surface area contributed by atoms with Crippen LogP contribution in [0.2, 0.25) is 0 Å². The van der Waals surface area contributed by atoms with Crippen LogP contribution in [0.1, 0.15) is 12.2 Å². The molecule has 1 atom stereocenters. The highest BCUT2D eigenvalue weighted by Crippen LogP contribution is 1.90. The van der Waals surface area contributed by atoms with Gasteiger partial charge >= 0.3 is 12.0 Å². The third-order valence-electron chi connectivity index (χ3n) is 1.96. The quantitative estimate of drug-likeness (QED) is 0.439. The van der Waals surface area contributed by atoms with Gasteiger partial charge in [-0.2, -0.15) is 0 Å². The van der Waals surface area contributed by atoms with Crippen molar-refractivity contribution in [3.63, 3.8) is 0 Å². The van der Waals surface area contributed by atoms with Gasteiger partial charge in [-0.25, -0.2) is 14.6 Å². The maximum atomic E-state index is 11.2. The second kappa shape index (κ2) is 6.48. The Morgan fingerprint density at radius 2 is 2.24 bits per heavy atom. The number of aliphatic hydroxyl groups is 1. The number of aliphatic carboxylic acids is 1. The van der Waals surface area contributed by atoms with E-state index >= 15 is 0 Å². The highest BCUT2D eigenvalue weighted by molar-refractivity contribution is 5.74. The minimum absolute atomic E-state index is 0.0382. The number of aromatic nitrogens is 2. The van der Waals surface area contributed by atoms with E-state index in [2.05, 4.69) is 20.6 Å². The first kappa shape index (κ1) is 13.0. The van der Waals surface area contributed by atoms with Gasteiger partial charge < -0.3 is 25.8 Å². The number of carboxylic acid groups (broad SMARTS) is 1. The number of nitrogens with zero attached hydrogens (tertiary/aromatic N) is 1. The van der Waals surface area contributed by atoms with Gasteiger partial charge in [0.25, 0.3) is 0 Å². The maximum Gasteiger partial charge on any atom is 0.332 e. The van der Waals surface area contributed by atoms with Gasteiger partial charge in [-0.05, 0) is 0 Å². The number of carbonyl (C=O) groups is 2. The number of nitrogens with one attached hydrogen (secondary N) is 3. The first-order valence-electron chi connectivity index (χ1n) is 5.00. The largest absolute Gasteiger partial charge is 0.479 e. The lowest BCUT2D eigenvalue weighted by Crippen LogP contribution is -2.37. The number of imidazole rings is 1. The van der Waals surface area contributed by atoms with Crippen molar-refractivity contribution < 1.29 is 19.8 Å². The fourth-order valence-corrected chi connectivity index (χ4v) is 1.07. The molecule has 94 valence electrons. The predicted octanol–water partition coefficient (Wildman–Crippen LogP) is -0.955. The van der Waals surface area contributed by atoms with Crippen molar-refractivity contribution in [2.45, 2.75) is 19.1 Å². The lowest BCUT2D eigenvalue weighted by molar-refractivity contribution is -0.146. The van der Waals surface area contributed by atoms with Gasteiger partial charge in [0.15, 0.2) is 6.10 Å². The second-order valence-corrected chi connectivity index (χ2v) is 3.29. The van der Waals surface area contributed by atoms with Crippen molar-refractivity contribution in [2.75, 3.05) is 6.54 Å². The zero-order chi connectivity index (χ0) is 12.7. The normalized spacial score (nSPS) is 11.8. The van der Waals surface area contributed by atoms with Crippen LogP contribution < -0.4 is 10.6 Å². The van der Waals surface area contributed by atoms with Crippen LogP contribution >= 0.6 is 0 Å². The van der Waals surface area contributed by atoms with Crippen LogP contribution in [0, 0.1) is 0 Å². The maximum absolute atomic E-state index is 11.2. The van der Waals surface area contributed by atoms with Gasteiger partial charge in [0, 0.05) is 25.4 Å². The summed E-state index contributed by atoms with van der Waals surface area (Å²) >= 11 is 0. The van der Waals surface area contributed by atoms with Crippen molar-refractivity contribution in [1.82, 2.24) is 20.6 Å². The SMILES string of the molecule is O=C(NCC[C@H](O)C(=O)O)NCc1ncc[nH]1. The lowest BCUT2D eigenvalue weighted by Gasteiger charge is -2.08. The molecule has 1 aromatic rings. The zero-order valence-corrected chi connectivity index (χ0v) is 9.01. The molecule has 0 saturated heterocycles. The third-order valence-corrected chi connectivity index (χ3v) is 1.96. The number of hydrogen-bond donors (Lipinski definition) is 5. The Labute approximate surface area is 97.1 Å². The van der Waals surface area contributed by atoms with Crippen molar-refractivity contribution in [3.8, 4) is 0 Å². The summed E-state index contributed by atoms with van der Waals surface area (Å²) in [6.45, 7) is 0.331. The Kier molecular flexibility index (Phi) is 4.95. The Morgan fingerprint density at radius 1 is 1.47 bits per heavy atom. The molecule has 1 aromatic heterocycles. The highest BCUT2D eigenvalue weighted by atomic mass is 16.4. The molecule has 0 bridgehead atoms. The predicted molar refractivity (Wildman–Crippen MR) is 57.1 cm³/mol. The van der Waals surface area contributed by atoms with Crippen molar-refractivity contribution in [3.05, 3.63) is 18.2 Å². The summed E-state index contributed by atoms with van der Waals surface area (Å²) in [6, 6.07) is -0.445. The van der Waals surface area contributed by atoms with E-state index in [0.29, 0.717) is 5.82 Å². The summed E-state index contributed by atoms with van der Waals surface area (Å²) in [7, 11) is 0. The molecule has 0 fully saturated rings. The number of aromatic amines is 1. The van der Waals surface area contributed by atoms with Gasteiger partial charge in [-0.3, -0.25) is 0 Å². The molecule has 17 heavy (non-hydrogen) atoms. The van der Waals surface area contributed by atoms with E-state index in [9.17, 15) is 9.59 Å². The number of H-pyrrole nitrogens is 1. The molecule has 2 amide bonds. The summed E-state index contributed by atoms with van der Waals surface area (Å²) in [4.78, 5) is 28.2. The van der Waals surface area contributed by atoms with Gasteiger partial charge in [0.1, 0.15) is 5.82 Å². The molecule has 0 spiro atoms. The molecule has 0 radical (unpaired) electrons.